The molecule has 328 valence electrons. The quantitative estimate of drug-likeness (QED) is 0.289. The normalized spacial score (nSPS) is 33.8. The molecule has 14 nitrogen and oxygen atoms in total. The van der Waals surface area contributed by atoms with Crippen molar-refractivity contribution < 1.29 is 45.9 Å². The van der Waals surface area contributed by atoms with Crippen molar-refractivity contribution in [2.45, 2.75) is 128 Å². The molecule has 3 heterocycles. The molecule has 2 bridgehead atoms. The molecule has 10 atom stereocenters. The lowest BCUT2D eigenvalue weighted by molar-refractivity contribution is -0.158. The van der Waals surface area contributed by atoms with Crippen molar-refractivity contribution in [3.8, 4) is 12.1 Å². The van der Waals surface area contributed by atoms with Gasteiger partial charge in [-0.05, 0) is 93.2 Å². The number of carbonyl (C=O) groups is 4. The van der Waals surface area contributed by atoms with Gasteiger partial charge in [0.25, 0.3) is 11.6 Å². The second-order valence-electron chi connectivity index (χ2n) is 19.7. The number of hydrogen-bond donors (Lipinski definition) is 1. The van der Waals surface area contributed by atoms with Crippen molar-refractivity contribution in [2.24, 2.45) is 46.3 Å². The van der Waals surface area contributed by atoms with Crippen LogP contribution < -0.4 is 15.0 Å². The minimum Gasteiger partial charge on any atom is -0.462 e. The monoisotopic (exact) mass is 865 g/mol. The number of alkyl halides is 2. The number of aromatic nitrogens is 2. The lowest BCUT2D eigenvalue weighted by Crippen LogP contribution is -2.50. The molecular formula is C44H53F2N5O9S. The van der Waals surface area contributed by atoms with Crippen molar-refractivity contribution in [1.82, 2.24) is 19.2 Å². The van der Waals surface area contributed by atoms with Crippen molar-refractivity contribution in [2.75, 3.05) is 6.54 Å². The summed E-state index contributed by atoms with van der Waals surface area (Å²) < 4.78 is 69.8. The maximum atomic E-state index is 15.0. The first-order valence-electron chi connectivity index (χ1n) is 21.3. The summed E-state index contributed by atoms with van der Waals surface area (Å²) in [5.74, 6) is -5.49. The van der Waals surface area contributed by atoms with Crippen molar-refractivity contribution in [1.29, 1.82) is 5.26 Å². The van der Waals surface area contributed by atoms with Gasteiger partial charge in [-0.15, -0.1) is 0 Å². The van der Waals surface area contributed by atoms with E-state index in [0.717, 1.165) is 19.3 Å². The zero-order valence-electron chi connectivity index (χ0n) is 35.1. The number of amides is 2. The van der Waals surface area contributed by atoms with Crippen LogP contribution in [0.4, 0.5) is 8.78 Å². The lowest BCUT2D eigenvalue weighted by Gasteiger charge is -2.35. The van der Waals surface area contributed by atoms with Gasteiger partial charge < -0.3 is 14.4 Å². The summed E-state index contributed by atoms with van der Waals surface area (Å²) in [5.41, 5.74) is -2.87. The number of hydrogen-bond acceptors (Lipinski definition) is 11. The van der Waals surface area contributed by atoms with E-state index in [1.807, 2.05) is 22.9 Å². The van der Waals surface area contributed by atoms with Crippen LogP contribution >= 0.6 is 0 Å². The molecule has 1 saturated heterocycles. The fourth-order valence-corrected chi connectivity index (χ4v) is 11.5. The molecule has 4 aliphatic carbocycles. The number of rotatable bonds is 7. The smallest absolute Gasteiger partial charge is 0.306 e. The van der Waals surface area contributed by atoms with E-state index in [0.29, 0.717) is 18.3 Å². The molecule has 61 heavy (non-hydrogen) atoms. The maximum absolute atomic E-state index is 15.0. The van der Waals surface area contributed by atoms with Gasteiger partial charge in [0.2, 0.25) is 28.3 Å². The number of esters is 1. The van der Waals surface area contributed by atoms with Crippen LogP contribution in [0.1, 0.15) is 98.0 Å². The predicted molar refractivity (Wildman–Crippen MR) is 216 cm³/mol. The molecule has 1 aromatic heterocycles. The summed E-state index contributed by atoms with van der Waals surface area (Å²) in [6.07, 6.45) is 1.74. The number of nitrogens with zero attached hydrogens (tertiary/aromatic N) is 4. The van der Waals surface area contributed by atoms with Gasteiger partial charge >= 0.3 is 5.97 Å². The van der Waals surface area contributed by atoms with E-state index in [-0.39, 0.29) is 66.9 Å². The second-order valence-corrected chi connectivity index (χ2v) is 21.9. The van der Waals surface area contributed by atoms with Gasteiger partial charge in [0.15, 0.2) is 5.78 Å². The maximum Gasteiger partial charge on any atom is 0.306 e. The van der Waals surface area contributed by atoms with Crippen LogP contribution in [0.2, 0.25) is 0 Å². The number of ether oxygens (including phenoxy) is 2. The number of Topliss-reactive ketones (excluding diaryl/α,β-unsaturated/α-hetero) is 1. The highest BCUT2D eigenvalue weighted by atomic mass is 32.2. The van der Waals surface area contributed by atoms with Gasteiger partial charge in [-0.3, -0.25) is 33.3 Å². The Morgan fingerprint density at radius 2 is 1.82 bits per heavy atom. The molecule has 1 aromatic carbocycles. The van der Waals surface area contributed by atoms with Crippen LogP contribution in [0.25, 0.3) is 10.9 Å². The van der Waals surface area contributed by atoms with Gasteiger partial charge in [-0.25, -0.2) is 17.2 Å². The highest BCUT2D eigenvalue weighted by molar-refractivity contribution is 7.91. The fraction of sp³-hybridized carbons (Fsp3) is 0.659. The molecule has 5 fully saturated rings. The molecule has 17 heteroatoms. The SMILES string of the molecule is C[C@@H]1[C@@H]2CN(C(=O)[C@H](C(C)(C)C)CC(=O)O[C@@H]3C[C@@H]4C[C@@H]4[C@H]3CC/C=C/Cn3c(nc4cc(C#N)ccc4c3=O)O2)[C@@H]1C(=O)C[C@]1(C(=O)NS(=O)(=O)C2(C)CC2)C[C@H]1C(F)F. The van der Waals surface area contributed by atoms with Crippen molar-refractivity contribution in [3.63, 3.8) is 0 Å². The highest BCUT2D eigenvalue weighted by Crippen LogP contribution is 2.60. The van der Waals surface area contributed by atoms with E-state index in [2.05, 4.69) is 4.98 Å². The zero-order chi connectivity index (χ0) is 44.0. The topological polar surface area (TPSA) is 195 Å². The standard InChI is InChI=1S/C44H53F2N5O9S/c1-23-34-22-51(36(23)32(52)20-44(19-30(44)37(45)46)40(56)49-61(57,58)43(5)12-13-43)39(55)29(42(2,3)4)18-35(53)59-33-17-25-16-28(25)26(33)9-7-6-8-14-50-38(54)27-11-10-24(21-47)15-31(27)48-41(50)60-34/h6,8,10-11,15,23,25-26,28-30,33-34,36-37H,7,9,12-14,16-20,22H2,1-5H3,(H,49,56)/b8-6+/t23-,25+,26-,28+,29-,30+,33-,34+,36+,44-/m1/s1. The van der Waals surface area contributed by atoms with E-state index in [9.17, 15) is 46.4 Å². The molecule has 1 N–H and O–H groups in total. The number of carbonyl (C=O) groups excluding carboxylic acids is 4. The lowest BCUT2D eigenvalue weighted by atomic mass is 9.77. The fourth-order valence-electron chi connectivity index (χ4n) is 10.2. The Bertz CT molecular complexity index is 2420. The number of allylic oxidation sites excluding steroid dienone is 2. The van der Waals surface area contributed by atoms with Gasteiger partial charge in [-0.1, -0.05) is 39.8 Å². The summed E-state index contributed by atoms with van der Waals surface area (Å²) in [4.78, 5) is 77.3. The van der Waals surface area contributed by atoms with Gasteiger partial charge in [0.1, 0.15) is 12.2 Å². The summed E-state index contributed by atoms with van der Waals surface area (Å²) in [6.45, 7) is 8.29. The average molecular weight is 866 g/mol. The summed E-state index contributed by atoms with van der Waals surface area (Å²) >= 11 is 0. The molecule has 0 spiro atoms. The summed E-state index contributed by atoms with van der Waals surface area (Å²) in [7, 11) is -4.24. The Morgan fingerprint density at radius 1 is 1.08 bits per heavy atom. The Kier molecular flexibility index (Phi) is 10.8. The third kappa shape index (κ3) is 7.86. The third-order valence-electron chi connectivity index (χ3n) is 14.6. The first-order chi connectivity index (χ1) is 28.7. The Labute approximate surface area is 353 Å². The minimum atomic E-state index is -4.24. The molecule has 0 radical (unpaired) electrons. The number of benzene rings is 1. The average Bonchev–Trinajstić information content (AvgIpc) is 4.14. The zero-order valence-corrected chi connectivity index (χ0v) is 35.9. The third-order valence-corrected chi connectivity index (χ3v) is 16.7. The number of sulfonamides is 1. The molecule has 2 amide bonds. The van der Waals surface area contributed by atoms with E-state index in [4.69, 9.17) is 9.47 Å². The van der Waals surface area contributed by atoms with Crippen LogP contribution in [0.15, 0.2) is 35.1 Å². The van der Waals surface area contributed by atoms with Crippen LogP contribution in [-0.4, -0.2) is 82.4 Å². The van der Waals surface area contributed by atoms with E-state index >= 15 is 0 Å². The Morgan fingerprint density at radius 3 is 2.48 bits per heavy atom. The summed E-state index contributed by atoms with van der Waals surface area (Å²) in [5, 5.41) is 9.85. The molecule has 2 aromatic rings. The van der Waals surface area contributed by atoms with Crippen molar-refractivity contribution in [3.05, 3.63) is 46.3 Å². The number of nitrogens with one attached hydrogen (secondary N) is 1. The number of fused-ring (bicyclic) bond motifs is 7. The number of halogens is 2. The van der Waals surface area contributed by atoms with E-state index < -0.39 is 104 Å². The van der Waals surface area contributed by atoms with Crippen LogP contribution in [0.5, 0.6) is 6.01 Å². The van der Waals surface area contributed by atoms with Crippen LogP contribution in [0, 0.1) is 57.7 Å². The van der Waals surface area contributed by atoms with Crippen molar-refractivity contribution >= 4 is 44.5 Å². The first-order valence-corrected chi connectivity index (χ1v) is 22.8. The number of nitriles is 1. The Hall–Kier alpha value is -4.72. The second kappa shape index (κ2) is 15.3. The van der Waals surface area contributed by atoms with Gasteiger partial charge in [0.05, 0.1) is 57.6 Å². The van der Waals surface area contributed by atoms with Gasteiger partial charge in [-0.2, -0.15) is 10.2 Å². The molecule has 2 aliphatic heterocycles. The molecule has 6 aliphatic rings. The predicted octanol–water partition coefficient (Wildman–Crippen LogP) is 5.06. The molecule has 0 unspecified atom stereocenters. The Balaban J connectivity index is 1.18. The first kappa shape index (κ1) is 42.9. The summed E-state index contributed by atoms with van der Waals surface area (Å²) in [6, 6.07) is 5.05. The van der Waals surface area contributed by atoms with Gasteiger partial charge in [0, 0.05) is 24.8 Å². The molecule has 8 rings (SSSR count). The highest BCUT2D eigenvalue weighted by Gasteiger charge is 2.67. The minimum absolute atomic E-state index is 0.0546. The molecule has 4 saturated carbocycles. The van der Waals surface area contributed by atoms with E-state index in [1.165, 1.54) is 34.6 Å². The number of ketones is 1. The van der Waals surface area contributed by atoms with Crippen LogP contribution in [-0.2, 0) is 40.5 Å². The van der Waals surface area contributed by atoms with Crippen LogP contribution in [0.3, 0.4) is 0 Å². The largest absolute Gasteiger partial charge is 0.462 e. The molecular weight excluding hydrogens is 813 g/mol. The van der Waals surface area contributed by atoms with E-state index in [1.54, 1.807) is 27.7 Å².